The van der Waals surface area contributed by atoms with E-state index in [1.54, 1.807) is 29.6 Å². The topological polar surface area (TPSA) is 79.0 Å². The fraction of sp³-hybridized carbons (Fsp3) is 0.696. The van der Waals surface area contributed by atoms with Crippen molar-refractivity contribution in [3.05, 3.63) is 23.8 Å². The number of hydrogen-bond donors (Lipinski definition) is 1. The van der Waals surface area contributed by atoms with Gasteiger partial charge in [-0.05, 0) is 81.9 Å². The highest BCUT2D eigenvalue weighted by Gasteiger charge is 2.26. The van der Waals surface area contributed by atoms with Gasteiger partial charge in [0.25, 0.3) is 0 Å². The molecule has 0 aliphatic carbocycles. The van der Waals surface area contributed by atoms with Gasteiger partial charge in [-0.25, -0.2) is 8.42 Å². The highest BCUT2D eigenvalue weighted by atomic mass is 32.2. The molecule has 2 aliphatic rings. The van der Waals surface area contributed by atoms with Crippen molar-refractivity contribution < 1.29 is 17.9 Å². The molecule has 8 heteroatoms. The molecule has 0 atom stereocenters. The Kier molecular flexibility index (Phi) is 9.16. The standard InChI is InChI=1S/C23H37N3O4S/c1-30-22-11-10-21(31(28,29)26-17-6-3-7-18-26)19-20(22)9-12-23(27)24-13-8-16-25-14-4-2-5-15-25/h10-11,19H,2-9,12-18H2,1H3,(H,24,27). The summed E-state index contributed by atoms with van der Waals surface area (Å²) in [6.45, 7) is 5.20. The molecule has 0 saturated carbocycles. The highest BCUT2D eigenvalue weighted by Crippen LogP contribution is 2.27. The number of methoxy groups -OCH3 is 1. The number of nitrogens with zero attached hydrogens (tertiary/aromatic N) is 2. The summed E-state index contributed by atoms with van der Waals surface area (Å²) in [7, 11) is -1.94. The molecule has 2 heterocycles. The summed E-state index contributed by atoms with van der Waals surface area (Å²) >= 11 is 0. The zero-order valence-corrected chi connectivity index (χ0v) is 19.6. The van der Waals surface area contributed by atoms with E-state index in [0.29, 0.717) is 38.2 Å². The summed E-state index contributed by atoms with van der Waals surface area (Å²) in [5, 5.41) is 2.99. The zero-order valence-electron chi connectivity index (χ0n) is 18.8. The van der Waals surface area contributed by atoms with Crippen LogP contribution < -0.4 is 10.1 Å². The van der Waals surface area contributed by atoms with Gasteiger partial charge in [-0.15, -0.1) is 0 Å². The molecule has 0 unspecified atom stereocenters. The second kappa shape index (κ2) is 11.8. The van der Waals surface area contributed by atoms with E-state index in [1.807, 2.05) is 0 Å². The Hall–Kier alpha value is -1.64. The van der Waals surface area contributed by atoms with Crippen molar-refractivity contribution in [3.8, 4) is 5.75 Å². The fourth-order valence-electron chi connectivity index (χ4n) is 4.42. The van der Waals surface area contributed by atoms with Gasteiger partial charge in [0, 0.05) is 26.1 Å². The monoisotopic (exact) mass is 451 g/mol. The Balaban J connectivity index is 1.51. The molecule has 1 aromatic rings. The van der Waals surface area contributed by atoms with E-state index in [4.69, 9.17) is 4.74 Å². The highest BCUT2D eigenvalue weighted by molar-refractivity contribution is 7.89. The molecule has 3 rings (SSSR count). The first-order valence-electron chi connectivity index (χ1n) is 11.7. The van der Waals surface area contributed by atoms with E-state index in [1.165, 1.54) is 32.4 Å². The van der Waals surface area contributed by atoms with E-state index in [2.05, 4.69) is 10.2 Å². The molecule has 174 valence electrons. The quantitative estimate of drug-likeness (QED) is 0.554. The van der Waals surface area contributed by atoms with Crippen LogP contribution >= 0.6 is 0 Å². The van der Waals surface area contributed by atoms with Crippen molar-refractivity contribution in [1.29, 1.82) is 0 Å². The van der Waals surface area contributed by atoms with E-state index < -0.39 is 10.0 Å². The summed E-state index contributed by atoms with van der Waals surface area (Å²) < 4.78 is 32.9. The Morgan fingerprint density at radius 1 is 1.03 bits per heavy atom. The van der Waals surface area contributed by atoms with Gasteiger partial charge in [-0.1, -0.05) is 12.8 Å². The molecule has 1 amide bonds. The van der Waals surface area contributed by atoms with Crippen LogP contribution in [0.1, 0.15) is 56.9 Å². The van der Waals surface area contributed by atoms with Gasteiger partial charge in [0.05, 0.1) is 12.0 Å². The summed E-state index contributed by atoms with van der Waals surface area (Å²) in [5.41, 5.74) is 0.754. The number of carbonyl (C=O) groups excluding carboxylic acids is 1. The second-order valence-corrected chi connectivity index (χ2v) is 10.5. The Labute approximate surface area is 187 Å². The molecule has 0 aromatic heterocycles. The molecule has 0 radical (unpaired) electrons. The molecule has 31 heavy (non-hydrogen) atoms. The lowest BCUT2D eigenvalue weighted by Crippen LogP contribution is -2.35. The SMILES string of the molecule is COc1ccc(S(=O)(=O)N2CCCCC2)cc1CCC(=O)NCCCN1CCCCC1. The molecule has 2 aliphatic heterocycles. The third-order valence-electron chi connectivity index (χ3n) is 6.25. The number of amides is 1. The molecule has 0 spiro atoms. The number of likely N-dealkylation sites (tertiary alicyclic amines) is 1. The third-order valence-corrected chi connectivity index (χ3v) is 8.14. The van der Waals surface area contributed by atoms with Crippen molar-refractivity contribution >= 4 is 15.9 Å². The van der Waals surface area contributed by atoms with Crippen molar-refractivity contribution in [2.75, 3.05) is 46.4 Å². The second-order valence-electron chi connectivity index (χ2n) is 8.54. The van der Waals surface area contributed by atoms with Crippen LogP contribution in [0.4, 0.5) is 0 Å². The summed E-state index contributed by atoms with van der Waals surface area (Å²) in [5.74, 6) is 0.612. The molecule has 1 aromatic carbocycles. The van der Waals surface area contributed by atoms with Crippen LogP contribution in [0.3, 0.4) is 0 Å². The number of carbonyl (C=O) groups is 1. The third kappa shape index (κ3) is 6.92. The van der Waals surface area contributed by atoms with Gasteiger partial charge >= 0.3 is 0 Å². The van der Waals surface area contributed by atoms with Gasteiger partial charge in [0.1, 0.15) is 5.75 Å². The molecule has 1 N–H and O–H groups in total. The normalized spacial score (nSPS) is 18.6. The van der Waals surface area contributed by atoms with Crippen LogP contribution in [0.2, 0.25) is 0 Å². The van der Waals surface area contributed by atoms with E-state index in [0.717, 1.165) is 37.8 Å². The lowest BCUT2D eigenvalue weighted by atomic mass is 10.1. The van der Waals surface area contributed by atoms with Crippen molar-refractivity contribution in [2.45, 2.75) is 62.7 Å². The lowest BCUT2D eigenvalue weighted by molar-refractivity contribution is -0.121. The van der Waals surface area contributed by atoms with Crippen molar-refractivity contribution in [3.63, 3.8) is 0 Å². The number of benzene rings is 1. The molecular formula is C23H37N3O4S. The minimum atomic E-state index is -3.50. The predicted molar refractivity (Wildman–Crippen MR) is 122 cm³/mol. The maximum absolute atomic E-state index is 13.0. The number of hydrogen-bond acceptors (Lipinski definition) is 5. The maximum atomic E-state index is 13.0. The number of ether oxygens (including phenoxy) is 1. The Bertz CT molecular complexity index is 816. The van der Waals surface area contributed by atoms with Crippen LogP contribution in [0.15, 0.2) is 23.1 Å². The average molecular weight is 452 g/mol. The average Bonchev–Trinajstić information content (AvgIpc) is 2.81. The molecular weight excluding hydrogens is 414 g/mol. The molecule has 7 nitrogen and oxygen atoms in total. The minimum Gasteiger partial charge on any atom is -0.496 e. The van der Waals surface area contributed by atoms with E-state index >= 15 is 0 Å². The van der Waals surface area contributed by atoms with Crippen LogP contribution in [0.25, 0.3) is 0 Å². The summed E-state index contributed by atoms with van der Waals surface area (Å²) in [4.78, 5) is 15.1. The number of rotatable bonds is 10. The van der Waals surface area contributed by atoms with E-state index in [9.17, 15) is 13.2 Å². The lowest BCUT2D eigenvalue weighted by Gasteiger charge is -2.26. The largest absolute Gasteiger partial charge is 0.496 e. The smallest absolute Gasteiger partial charge is 0.243 e. The van der Waals surface area contributed by atoms with Gasteiger partial charge in [0.2, 0.25) is 15.9 Å². The Morgan fingerprint density at radius 3 is 2.39 bits per heavy atom. The van der Waals surface area contributed by atoms with Gasteiger partial charge in [-0.3, -0.25) is 4.79 Å². The molecule has 0 bridgehead atoms. The number of aryl methyl sites for hydroxylation is 1. The molecule has 2 saturated heterocycles. The van der Waals surface area contributed by atoms with Gasteiger partial charge in [-0.2, -0.15) is 4.31 Å². The number of piperidine rings is 2. The predicted octanol–water partition coefficient (Wildman–Crippen LogP) is 2.79. The fourth-order valence-corrected chi connectivity index (χ4v) is 5.98. The van der Waals surface area contributed by atoms with Crippen molar-refractivity contribution in [2.24, 2.45) is 0 Å². The Morgan fingerprint density at radius 2 is 1.71 bits per heavy atom. The minimum absolute atomic E-state index is 0.00927. The van der Waals surface area contributed by atoms with Crippen LogP contribution in [-0.4, -0.2) is 69.9 Å². The maximum Gasteiger partial charge on any atom is 0.243 e. The molecule has 2 fully saturated rings. The van der Waals surface area contributed by atoms with Crippen LogP contribution in [-0.2, 0) is 21.2 Å². The van der Waals surface area contributed by atoms with Gasteiger partial charge in [0.15, 0.2) is 0 Å². The summed E-state index contributed by atoms with van der Waals surface area (Å²) in [6.07, 6.45) is 8.49. The van der Waals surface area contributed by atoms with Crippen molar-refractivity contribution in [1.82, 2.24) is 14.5 Å². The van der Waals surface area contributed by atoms with E-state index in [-0.39, 0.29) is 10.8 Å². The first kappa shape index (κ1) is 24.0. The first-order valence-corrected chi connectivity index (χ1v) is 13.1. The number of sulfonamides is 1. The number of nitrogens with one attached hydrogen (secondary N) is 1. The first-order chi connectivity index (χ1) is 15.0. The van der Waals surface area contributed by atoms with Gasteiger partial charge < -0.3 is 15.0 Å². The summed E-state index contributed by atoms with van der Waals surface area (Å²) in [6, 6.07) is 4.97. The zero-order chi connectivity index (χ0) is 22.1. The van der Waals surface area contributed by atoms with Crippen LogP contribution in [0.5, 0.6) is 5.75 Å². The van der Waals surface area contributed by atoms with Crippen LogP contribution in [0, 0.1) is 0 Å².